The van der Waals surface area contributed by atoms with Crippen molar-refractivity contribution in [2.75, 3.05) is 13.2 Å². The Hall–Kier alpha value is -1.87. The van der Waals surface area contributed by atoms with Gasteiger partial charge in [-0.15, -0.1) is 0 Å². The lowest BCUT2D eigenvalue weighted by molar-refractivity contribution is 0.194. The highest BCUT2D eigenvalue weighted by Gasteiger charge is 2.23. The Labute approximate surface area is 137 Å². The lowest BCUT2D eigenvalue weighted by Gasteiger charge is -2.23. The number of aryl methyl sites for hydroxylation is 1. The first kappa shape index (κ1) is 16.0. The van der Waals surface area contributed by atoms with Gasteiger partial charge in [-0.2, -0.15) is 0 Å². The van der Waals surface area contributed by atoms with Gasteiger partial charge in [0.25, 0.3) is 0 Å². The quantitative estimate of drug-likeness (QED) is 0.718. The summed E-state index contributed by atoms with van der Waals surface area (Å²) < 4.78 is 25.2. The van der Waals surface area contributed by atoms with Gasteiger partial charge in [-0.3, -0.25) is 0 Å². The third-order valence-corrected chi connectivity index (χ3v) is 4.47. The first-order valence-electron chi connectivity index (χ1n) is 8.36. The van der Waals surface area contributed by atoms with E-state index in [0.29, 0.717) is 18.1 Å². The Kier molecular flexibility index (Phi) is 4.67. The summed E-state index contributed by atoms with van der Waals surface area (Å²) in [5.74, 6) is 1.05. The average Bonchev–Trinajstić information content (AvgIpc) is 3.12. The predicted molar refractivity (Wildman–Crippen MR) is 90.4 cm³/mol. The van der Waals surface area contributed by atoms with Gasteiger partial charge in [0.15, 0.2) is 0 Å². The summed E-state index contributed by atoms with van der Waals surface area (Å²) in [6.07, 6.45) is 1.06. The van der Waals surface area contributed by atoms with Gasteiger partial charge in [-0.25, -0.2) is 4.39 Å². The zero-order chi connectivity index (χ0) is 16.4. The van der Waals surface area contributed by atoms with Crippen LogP contribution >= 0.6 is 0 Å². The molecule has 0 aliphatic carbocycles. The summed E-state index contributed by atoms with van der Waals surface area (Å²) in [5.41, 5.74) is 4.98. The Bertz CT molecular complexity index is 703. The van der Waals surface area contributed by atoms with Crippen molar-refractivity contribution in [1.29, 1.82) is 0 Å². The minimum atomic E-state index is -0.181. The standard InChI is InChI=1S/C18H17FO2.C2H6/c1-11-6-18-16(8-17(11)19)15-7-12(13-4-5-20-9-13)2-3-14(15)10-21-18;1-2/h2-3,6-8,13H,4-5,9-10H2,1H3;1-2H3. The summed E-state index contributed by atoms with van der Waals surface area (Å²) in [4.78, 5) is 0. The van der Waals surface area contributed by atoms with Gasteiger partial charge in [0.1, 0.15) is 18.2 Å². The fourth-order valence-electron chi connectivity index (χ4n) is 3.16. The molecule has 1 fully saturated rings. The molecule has 2 nitrogen and oxygen atoms in total. The molecule has 1 unspecified atom stereocenters. The second-order valence-electron chi connectivity index (χ2n) is 5.86. The molecule has 3 heteroatoms. The van der Waals surface area contributed by atoms with E-state index in [2.05, 4.69) is 18.2 Å². The van der Waals surface area contributed by atoms with Gasteiger partial charge in [-0.1, -0.05) is 32.0 Å². The van der Waals surface area contributed by atoms with Crippen LogP contribution in [-0.2, 0) is 11.3 Å². The molecule has 0 amide bonds. The topological polar surface area (TPSA) is 18.5 Å². The molecule has 2 aromatic rings. The molecule has 0 spiro atoms. The molecular formula is C20H23FO2. The van der Waals surface area contributed by atoms with Gasteiger partial charge in [0.2, 0.25) is 0 Å². The number of hydrogen-bond donors (Lipinski definition) is 0. The largest absolute Gasteiger partial charge is 0.488 e. The fraction of sp³-hybridized carbons (Fsp3) is 0.400. The third kappa shape index (κ3) is 2.98. The Morgan fingerprint density at radius 3 is 2.65 bits per heavy atom. The first-order valence-corrected chi connectivity index (χ1v) is 8.36. The second kappa shape index (κ2) is 6.71. The third-order valence-electron chi connectivity index (χ3n) is 4.47. The molecular weight excluding hydrogens is 291 g/mol. The summed E-state index contributed by atoms with van der Waals surface area (Å²) in [5, 5.41) is 0. The van der Waals surface area contributed by atoms with Crippen LogP contribution in [0.3, 0.4) is 0 Å². The Morgan fingerprint density at radius 2 is 1.91 bits per heavy atom. The molecule has 4 rings (SSSR count). The van der Waals surface area contributed by atoms with Crippen molar-refractivity contribution < 1.29 is 13.9 Å². The van der Waals surface area contributed by atoms with Crippen LogP contribution in [-0.4, -0.2) is 13.2 Å². The van der Waals surface area contributed by atoms with E-state index in [4.69, 9.17) is 9.47 Å². The molecule has 0 N–H and O–H groups in total. The molecule has 2 aliphatic heterocycles. The minimum Gasteiger partial charge on any atom is -0.488 e. The van der Waals surface area contributed by atoms with Gasteiger partial charge < -0.3 is 9.47 Å². The highest BCUT2D eigenvalue weighted by molar-refractivity contribution is 5.76. The van der Waals surface area contributed by atoms with E-state index in [9.17, 15) is 4.39 Å². The summed E-state index contributed by atoms with van der Waals surface area (Å²) >= 11 is 0. The molecule has 2 aliphatic rings. The van der Waals surface area contributed by atoms with Crippen molar-refractivity contribution in [3.05, 3.63) is 52.8 Å². The predicted octanol–water partition coefficient (Wildman–Crippen LogP) is 5.22. The van der Waals surface area contributed by atoms with Crippen LogP contribution in [0.5, 0.6) is 5.75 Å². The number of rotatable bonds is 1. The molecule has 0 bridgehead atoms. The van der Waals surface area contributed by atoms with Crippen molar-refractivity contribution in [2.45, 2.75) is 39.7 Å². The van der Waals surface area contributed by atoms with Gasteiger partial charge >= 0.3 is 0 Å². The highest BCUT2D eigenvalue weighted by atomic mass is 19.1. The molecule has 1 atom stereocenters. The molecule has 2 heterocycles. The van der Waals surface area contributed by atoms with E-state index in [-0.39, 0.29) is 5.82 Å². The smallest absolute Gasteiger partial charge is 0.128 e. The maximum atomic E-state index is 13.9. The maximum absolute atomic E-state index is 13.9. The zero-order valence-electron chi connectivity index (χ0n) is 14.0. The van der Waals surface area contributed by atoms with Crippen LogP contribution in [0.25, 0.3) is 11.1 Å². The van der Waals surface area contributed by atoms with Crippen molar-refractivity contribution in [2.24, 2.45) is 0 Å². The van der Waals surface area contributed by atoms with Gasteiger partial charge in [-0.05, 0) is 47.7 Å². The van der Waals surface area contributed by atoms with E-state index >= 15 is 0 Å². The maximum Gasteiger partial charge on any atom is 0.128 e. The van der Waals surface area contributed by atoms with Crippen molar-refractivity contribution >= 4 is 0 Å². The van der Waals surface area contributed by atoms with Crippen LogP contribution in [0.2, 0.25) is 0 Å². The Morgan fingerprint density at radius 1 is 1.09 bits per heavy atom. The van der Waals surface area contributed by atoms with Crippen LogP contribution in [0.15, 0.2) is 30.3 Å². The van der Waals surface area contributed by atoms with Crippen molar-refractivity contribution in [1.82, 2.24) is 0 Å². The number of halogens is 1. The second-order valence-corrected chi connectivity index (χ2v) is 5.86. The summed E-state index contributed by atoms with van der Waals surface area (Å²) in [6, 6.07) is 9.82. The van der Waals surface area contributed by atoms with E-state index in [1.165, 1.54) is 5.56 Å². The van der Waals surface area contributed by atoms with Crippen LogP contribution in [0.4, 0.5) is 4.39 Å². The highest BCUT2D eigenvalue weighted by Crippen LogP contribution is 2.40. The lowest BCUT2D eigenvalue weighted by Crippen LogP contribution is -2.08. The summed E-state index contributed by atoms with van der Waals surface area (Å²) in [7, 11) is 0. The van der Waals surface area contributed by atoms with Crippen molar-refractivity contribution in [3.8, 4) is 16.9 Å². The molecule has 122 valence electrons. The molecule has 23 heavy (non-hydrogen) atoms. The fourth-order valence-corrected chi connectivity index (χ4v) is 3.16. The SMILES string of the molecule is CC.Cc1cc2c(cc1F)-c1cc(C3CCOC3)ccc1CO2. The van der Waals surface area contributed by atoms with Crippen LogP contribution < -0.4 is 4.74 Å². The van der Waals surface area contributed by atoms with Crippen LogP contribution in [0, 0.1) is 12.7 Å². The molecule has 0 saturated carbocycles. The normalized spacial score (nSPS) is 18.3. The van der Waals surface area contributed by atoms with Gasteiger partial charge in [0, 0.05) is 18.1 Å². The van der Waals surface area contributed by atoms with Crippen molar-refractivity contribution in [3.63, 3.8) is 0 Å². The molecule has 2 aromatic carbocycles. The monoisotopic (exact) mass is 314 g/mol. The number of ether oxygens (including phenoxy) is 2. The number of hydrogen-bond acceptors (Lipinski definition) is 2. The van der Waals surface area contributed by atoms with E-state index in [0.717, 1.165) is 42.1 Å². The van der Waals surface area contributed by atoms with E-state index in [1.54, 1.807) is 19.1 Å². The van der Waals surface area contributed by atoms with E-state index < -0.39 is 0 Å². The number of benzene rings is 2. The lowest BCUT2D eigenvalue weighted by atomic mass is 9.90. The van der Waals surface area contributed by atoms with Crippen LogP contribution in [0.1, 0.15) is 42.9 Å². The number of fused-ring (bicyclic) bond motifs is 3. The molecule has 1 saturated heterocycles. The summed E-state index contributed by atoms with van der Waals surface area (Å²) in [6.45, 7) is 7.93. The average molecular weight is 314 g/mol. The minimum absolute atomic E-state index is 0.181. The Balaban J connectivity index is 0.000000753. The van der Waals surface area contributed by atoms with Gasteiger partial charge in [0.05, 0.1) is 6.61 Å². The first-order chi connectivity index (χ1) is 11.2. The van der Waals surface area contributed by atoms with E-state index in [1.807, 2.05) is 13.8 Å². The molecule has 0 radical (unpaired) electrons. The zero-order valence-corrected chi connectivity index (χ0v) is 14.0. The molecule has 0 aromatic heterocycles.